The van der Waals surface area contributed by atoms with E-state index in [0.29, 0.717) is 6.04 Å². The maximum absolute atomic E-state index is 13.4. The lowest BCUT2D eigenvalue weighted by atomic mass is 10.0. The molecule has 0 aliphatic carbocycles. The summed E-state index contributed by atoms with van der Waals surface area (Å²) in [5, 5.41) is 7.91. The summed E-state index contributed by atoms with van der Waals surface area (Å²) in [7, 11) is 0. The van der Waals surface area contributed by atoms with Crippen LogP contribution in [0.5, 0.6) is 0 Å². The second-order valence-corrected chi connectivity index (χ2v) is 7.52. The van der Waals surface area contributed by atoms with Gasteiger partial charge in [0, 0.05) is 23.7 Å². The van der Waals surface area contributed by atoms with E-state index in [1.165, 1.54) is 0 Å². The highest BCUT2D eigenvalue weighted by atomic mass is 35.5. The second kappa shape index (κ2) is 10.4. The molecular formula is C24H29ClN4O. The van der Waals surface area contributed by atoms with Gasteiger partial charge < -0.3 is 10.2 Å². The molecule has 0 unspecified atom stereocenters. The molecule has 30 heavy (non-hydrogen) atoms. The molecule has 5 nitrogen and oxygen atoms in total. The smallest absolute Gasteiger partial charge is 0.254 e. The Kier molecular flexibility index (Phi) is 7.66. The zero-order valence-corrected chi connectivity index (χ0v) is 18.1. The Hall–Kier alpha value is -2.63. The number of halogens is 1. The summed E-state index contributed by atoms with van der Waals surface area (Å²) in [6.45, 7) is 4.89. The summed E-state index contributed by atoms with van der Waals surface area (Å²) < 4.78 is 1.90. The van der Waals surface area contributed by atoms with E-state index < -0.39 is 0 Å². The molecule has 0 radical (unpaired) electrons. The van der Waals surface area contributed by atoms with Gasteiger partial charge in [0.1, 0.15) is 0 Å². The molecule has 4 rings (SSSR count). The van der Waals surface area contributed by atoms with E-state index in [1.807, 2.05) is 53.2 Å². The summed E-state index contributed by atoms with van der Waals surface area (Å²) >= 11 is 0. The van der Waals surface area contributed by atoms with Crippen LogP contribution in [0.25, 0.3) is 16.9 Å². The van der Waals surface area contributed by atoms with Crippen molar-refractivity contribution >= 4 is 18.3 Å². The van der Waals surface area contributed by atoms with Crippen LogP contribution in [0.2, 0.25) is 0 Å². The normalized spacial score (nSPS) is 14.2. The molecule has 1 fully saturated rings. The first-order chi connectivity index (χ1) is 14.3. The third-order valence-electron chi connectivity index (χ3n) is 5.52. The molecule has 0 bridgehead atoms. The Morgan fingerprint density at radius 2 is 1.87 bits per heavy atom. The lowest BCUT2D eigenvalue weighted by molar-refractivity contribution is 0.0642. The standard InChI is InChI=1S/C24H28N4O.ClH/c1-2-17-27(21-11-14-25-15-12-21)24(29)20-9-6-10-22(18-20)28-23(13-16-26-28)19-7-4-3-5-8-19;/h3-10,13,16,18,21,25H,2,11-12,14-15,17H2,1H3;1H. The fourth-order valence-electron chi connectivity index (χ4n) is 4.08. The van der Waals surface area contributed by atoms with E-state index in [2.05, 4.69) is 34.4 Å². The van der Waals surface area contributed by atoms with Crippen molar-refractivity contribution < 1.29 is 4.79 Å². The third kappa shape index (κ3) is 4.74. The summed E-state index contributed by atoms with van der Waals surface area (Å²) in [5.41, 5.74) is 3.74. The lowest BCUT2D eigenvalue weighted by Crippen LogP contribution is -2.46. The van der Waals surface area contributed by atoms with E-state index >= 15 is 0 Å². The van der Waals surface area contributed by atoms with Gasteiger partial charge in [0.05, 0.1) is 17.6 Å². The minimum atomic E-state index is 0. The number of benzene rings is 2. The summed E-state index contributed by atoms with van der Waals surface area (Å²) in [4.78, 5) is 15.5. The third-order valence-corrected chi connectivity index (χ3v) is 5.52. The predicted molar refractivity (Wildman–Crippen MR) is 123 cm³/mol. The molecule has 1 aliphatic heterocycles. The Morgan fingerprint density at radius 1 is 1.10 bits per heavy atom. The topological polar surface area (TPSA) is 50.2 Å². The van der Waals surface area contributed by atoms with E-state index in [4.69, 9.17) is 0 Å². The zero-order chi connectivity index (χ0) is 20.1. The maximum atomic E-state index is 13.4. The molecule has 0 saturated carbocycles. The van der Waals surface area contributed by atoms with Gasteiger partial charge in [-0.3, -0.25) is 4.79 Å². The van der Waals surface area contributed by atoms with Crippen LogP contribution in [0.4, 0.5) is 0 Å². The van der Waals surface area contributed by atoms with Gasteiger partial charge in [0.2, 0.25) is 0 Å². The van der Waals surface area contributed by atoms with Crippen LogP contribution in [0, 0.1) is 0 Å². The monoisotopic (exact) mass is 424 g/mol. The molecule has 1 saturated heterocycles. The zero-order valence-electron chi connectivity index (χ0n) is 17.3. The van der Waals surface area contributed by atoms with Crippen molar-refractivity contribution in [1.29, 1.82) is 0 Å². The second-order valence-electron chi connectivity index (χ2n) is 7.52. The van der Waals surface area contributed by atoms with E-state index in [-0.39, 0.29) is 18.3 Å². The molecular weight excluding hydrogens is 396 g/mol. The SMILES string of the molecule is CCCN(C(=O)c1cccc(-n2nccc2-c2ccccc2)c1)C1CCNCC1.Cl. The predicted octanol–water partition coefficient (Wildman–Crippen LogP) is 4.57. The Bertz CT molecular complexity index is 951. The molecule has 1 amide bonds. The van der Waals surface area contributed by atoms with Crippen LogP contribution in [-0.4, -0.2) is 46.3 Å². The number of hydrogen-bond acceptors (Lipinski definition) is 3. The molecule has 3 aromatic rings. The van der Waals surface area contributed by atoms with Crippen LogP contribution in [-0.2, 0) is 0 Å². The molecule has 0 spiro atoms. The molecule has 158 valence electrons. The quantitative estimate of drug-likeness (QED) is 0.630. The number of hydrogen-bond donors (Lipinski definition) is 1. The van der Waals surface area contributed by atoms with E-state index in [0.717, 1.165) is 61.4 Å². The summed E-state index contributed by atoms with van der Waals surface area (Å²) in [5.74, 6) is 0.119. The number of carbonyl (C=O) groups excluding carboxylic acids is 1. The first-order valence-electron chi connectivity index (χ1n) is 10.5. The van der Waals surface area contributed by atoms with Crippen molar-refractivity contribution in [3.05, 3.63) is 72.4 Å². The van der Waals surface area contributed by atoms with E-state index in [1.54, 1.807) is 6.20 Å². The average molecular weight is 425 g/mol. The Morgan fingerprint density at radius 3 is 2.60 bits per heavy atom. The number of aromatic nitrogens is 2. The van der Waals surface area contributed by atoms with Crippen molar-refractivity contribution in [1.82, 2.24) is 20.0 Å². The molecule has 6 heteroatoms. The van der Waals surface area contributed by atoms with Crippen molar-refractivity contribution in [3.63, 3.8) is 0 Å². The van der Waals surface area contributed by atoms with Gasteiger partial charge >= 0.3 is 0 Å². The van der Waals surface area contributed by atoms with Gasteiger partial charge in [0.25, 0.3) is 5.91 Å². The average Bonchev–Trinajstić information content (AvgIpc) is 3.28. The highest BCUT2D eigenvalue weighted by molar-refractivity contribution is 5.95. The molecule has 2 aromatic carbocycles. The molecule has 0 atom stereocenters. The van der Waals surface area contributed by atoms with Crippen molar-refractivity contribution in [3.8, 4) is 16.9 Å². The number of amides is 1. The fourth-order valence-corrected chi connectivity index (χ4v) is 4.08. The van der Waals surface area contributed by atoms with Crippen molar-refractivity contribution in [2.45, 2.75) is 32.2 Å². The first-order valence-corrected chi connectivity index (χ1v) is 10.5. The van der Waals surface area contributed by atoms with Gasteiger partial charge in [-0.15, -0.1) is 12.4 Å². The van der Waals surface area contributed by atoms with E-state index in [9.17, 15) is 4.79 Å². The van der Waals surface area contributed by atoms with Gasteiger partial charge in [-0.25, -0.2) is 4.68 Å². The minimum Gasteiger partial charge on any atom is -0.336 e. The van der Waals surface area contributed by atoms with Gasteiger partial charge in [-0.05, 0) is 56.6 Å². The van der Waals surface area contributed by atoms with Crippen LogP contribution in [0.3, 0.4) is 0 Å². The minimum absolute atomic E-state index is 0. The van der Waals surface area contributed by atoms with Gasteiger partial charge in [-0.1, -0.05) is 43.3 Å². The van der Waals surface area contributed by atoms with Gasteiger partial charge in [-0.2, -0.15) is 5.10 Å². The highest BCUT2D eigenvalue weighted by Gasteiger charge is 2.25. The largest absolute Gasteiger partial charge is 0.336 e. The van der Waals surface area contributed by atoms with Crippen molar-refractivity contribution in [2.75, 3.05) is 19.6 Å². The molecule has 2 heterocycles. The summed E-state index contributed by atoms with van der Waals surface area (Å²) in [6, 6.07) is 20.4. The molecule has 1 N–H and O–H groups in total. The van der Waals surface area contributed by atoms with Crippen LogP contribution in [0.1, 0.15) is 36.5 Å². The van der Waals surface area contributed by atoms with Crippen LogP contribution < -0.4 is 5.32 Å². The van der Waals surface area contributed by atoms with Crippen molar-refractivity contribution in [2.24, 2.45) is 0 Å². The van der Waals surface area contributed by atoms with Crippen LogP contribution >= 0.6 is 12.4 Å². The first kappa shape index (κ1) is 22.1. The van der Waals surface area contributed by atoms with Gasteiger partial charge in [0.15, 0.2) is 0 Å². The molecule has 1 aliphatic rings. The number of rotatable bonds is 6. The van der Waals surface area contributed by atoms with Crippen LogP contribution in [0.15, 0.2) is 66.9 Å². The highest BCUT2D eigenvalue weighted by Crippen LogP contribution is 2.23. The lowest BCUT2D eigenvalue weighted by Gasteiger charge is -2.34. The number of nitrogens with one attached hydrogen (secondary N) is 1. The number of carbonyl (C=O) groups is 1. The molecule has 1 aromatic heterocycles. The Balaban J connectivity index is 0.00000256. The number of nitrogens with zero attached hydrogens (tertiary/aromatic N) is 3. The Labute approximate surface area is 184 Å². The summed E-state index contributed by atoms with van der Waals surface area (Å²) in [6.07, 6.45) is 4.80. The number of piperidine rings is 1. The maximum Gasteiger partial charge on any atom is 0.254 e. The fraction of sp³-hybridized carbons (Fsp3) is 0.333.